The van der Waals surface area contributed by atoms with Gasteiger partial charge in [0, 0.05) is 5.56 Å². The zero-order chi connectivity index (χ0) is 19.2. The Kier molecular flexibility index (Phi) is 5.74. The second-order valence-corrected chi connectivity index (χ2v) is 6.16. The van der Waals surface area contributed by atoms with Crippen LogP contribution in [0.25, 0.3) is 0 Å². The predicted molar refractivity (Wildman–Crippen MR) is 104 cm³/mol. The van der Waals surface area contributed by atoms with E-state index in [-0.39, 0.29) is 11.5 Å². The number of halogens is 1. The topological polar surface area (TPSA) is 75.6 Å². The smallest absolute Gasteiger partial charge is 0.335 e. The number of carbonyl (C=O) groups excluding carboxylic acids is 1. The van der Waals surface area contributed by atoms with Crippen LogP contribution in [0.4, 0.5) is 5.69 Å². The van der Waals surface area contributed by atoms with Crippen LogP contribution in [0, 0.1) is 0 Å². The van der Waals surface area contributed by atoms with E-state index >= 15 is 0 Å². The van der Waals surface area contributed by atoms with Crippen molar-refractivity contribution in [3.05, 3.63) is 94.5 Å². The van der Waals surface area contributed by atoms with Crippen LogP contribution >= 0.6 is 11.6 Å². The molecule has 0 radical (unpaired) electrons. The fourth-order valence-electron chi connectivity index (χ4n) is 2.37. The number of carboxylic acids is 1. The number of carboxylic acid groups (broad SMARTS) is 1. The molecule has 136 valence electrons. The van der Waals surface area contributed by atoms with Gasteiger partial charge >= 0.3 is 5.97 Å². The maximum Gasteiger partial charge on any atom is 0.335 e. The van der Waals surface area contributed by atoms with Gasteiger partial charge < -0.3 is 15.2 Å². The second-order valence-electron chi connectivity index (χ2n) is 5.75. The van der Waals surface area contributed by atoms with Gasteiger partial charge in [0.25, 0.3) is 5.91 Å². The lowest BCUT2D eigenvalue weighted by atomic mass is 10.1. The molecule has 0 aliphatic rings. The zero-order valence-corrected chi connectivity index (χ0v) is 14.9. The molecule has 0 aliphatic heterocycles. The number of aromatic carboxylic acids is 1. The maximum absolute atomic E-state index is 12.3. The lowest BCUT2D eigenvalue weighted by Gasteiger charge is -2.09. The van der Waals surface area contributed by atoms with Crippen molar-refractivity contribution < 1.29 is 19.4 Å². The molecule has 0 aliphatic carbocycles. The van der Waals surface area contributed by atoms with Crippen molar-refractivity contribution >= 4 is 29.2 Å². The molecule has 1 amide bonds. The van der Waals surface area contributed by atoms with Crippen molar-refractivity contribution in [1.29, 1.82) is 0 Å². The van der Waals surface area contributed by atoms with Crippen molar-refractivity contribution in [2.24, 2.45) is 0 Å². The van der Waals surface area contributed by atoms with E-state index in [9.17, 15) is 9.59 Å². The van der Waals surface area contributed by atoms with E-state index in [0.717, 1.165) is 5.56 Å². The third-order valence-electron chi connectivity index (χ3n) is 3.84. The van der Waals surface area contributed by atoms with Crippen LogP contribution < -0.4 is 10.1 Å². The monoisotopic (exact) mass is 381 g/mol. The second kappa shape index (κ2) is 8.38. The molecule has 0 saturated heterocycles. The fourth-order valence-corrected chi connectivity index (χ4v) is 2.55. The summed E-state index contributed by atoms with van der Waals surface area (Å²) in [5.74, 6) is -0.626. The molecule has 0 spiro atoms. The molecule has 0 unspecified atom stereocenters. The van der Waals surface area contributed by atoms with Gasteiger partial charge in [0.15, 0.2) is 0 Å². The van der Waals surface area contributed by atoms with Crippen LogP contribution in [0.5, 0.6) is 5.75 Å². The van der Waals surface area contributed by atoms with E-state index in [4.69, 9.17) is 21.4 Å². The van der Waals surface area contributed by atoms with Crippen LogP contribution in [0.3, 0.4) is 0 Å². The first-order valence-corrected chi connectivity index (χ1v) is 8.52. The van der Waals surface area contributed by atoms with E-state index in [1.54, 1.807) is 60.7 Å². The van der Waals surface area contributed by atoms with Crippen LogP contribution in [-0.4, -0.2) is 17.0 Å². The molecular formula is C21H16ClNO4. The molecular weight excluding hydrogens is 366 g/mol. The van der Waals surface area contributed by atoms with Gasteiger partial charge in [-0.05, 0) is 54.1 Å². The number of hydrogen-bond acceptors (Lipinski definition) is 3. The summed E-state index contributed by atoms with van der Waals surface area (Å²) in [5, 5.41) is 12.1. The molecule has 0 aromatic heterocycles. The molecule has 0 heterocycles. The minimum Gasteiger partial charge on any atom is -0.489 e. The third-order valence-corrected chi connectivity index (χ3v) is 4.17. The summed E-state index contributed by atoms with van der Waals surface area (Å²) in [5.41, 5.74) is 2.11. The van der Waals surface area contributed by atoms with Gasteiger partial charge in [-0.1, -0.05) is 35.9 Å². The quantitative estimate of drug-likeness (QED) is 0.638. The van der Waals surface area contributed by atoms with Crippen molar-refractivity contribution in [2.45, 2.75) is 6.61 Å². The van der Waals surface area contributed by atoms with Gasteiger partial charge in [-0.2, -0.15) is 0 Å². The summed E-state index contributed by atoms with van der Waals surface area (Å²) >= 11 is 6.04. The van der Waals surface area contributed by atoms with E-state index in [1.807, 2.05) is 0 Å². The molecule has 0 atom stereocenters. The Balaban J connectivity index is 1.59. The summed E-state index contributed by atoms with van der Waals surface area (Å²) in [6, 6.07) is 20.2. The number of anilines is 1. The van der Waals surface area contributed by atoms with Crippen molar-refractivity contribution in [3.8, 4) is 5.75 Å². The van der Waals surface area contributed by atoms with Crippen LogP contribution in [0.1, 0.15) is 26.3 Å². The first-order valence-electron chi connectivity index (χ1n) is 8.14. The molecule has 3 aromatic carbocycles. The Morgan fingerprint density at radius 3 is 2.15 bits per heavy atom. The minimum absolute atomic E-state index is 0.229. The van der Waals surface area contributed by atoms with Crippen LogP contribution in [0.15, 0.2) is 72.8 Å². The first kappa shape index (κ1) is 18.5. The lowest BCUT2D eigenvalue weighted by Crippen LogP contribution is -2.12. The molecule has 0 bridgehead atoms. The van der Waals surface area contributed by atoms with Gasteiger partial charge in [0.05, 0.1) is 16.3 Å². The highest BCUT2D eigenvalue weighted by atomic mass is 35.5. The highest BCUT2D eigenvalue weighted by Gasteiger charge is 2.08. The predicted octanol–water partition coefficient (Wildman–Crippen LogP) is 4.87. The number of hydrogen-bond donors (Lipinski definition) is 2. The molecule has 5 nitrogen and oxygen atoms in total. The number of ether oxygens (including phenoxy) is 1. The summed E-state index contributed by atoms with van der Waals surface area (Å²) in [6.07, 6.45) is 0. The Bertz CT molecular complexity index is 953. The average Bonchev–Trinajstić information content (AvgIpc) is 2.69. The molecule has 2 N–H and O–H groups in total. The Morgan fingerprint density at radius 1 is 0.889 bits per heavy atom. The molecule has 0 saturated carbocycles. The number of rotatable bonds is 6. The zero-order valence-electron chi connectivity index (χ0n) is 14.2. The van der Waals surface area contributed by atoms with Crippen LogP contribution in [-0.2, 0) is 6.61 Å². The van der Waals surface area contributed by atoms with E-state index < -0.39 is 5.97 Å². The van der Waals surface area contributed by atoms with Gasteiger partial charge in [-0.15, -0.1) is 0 Å². The number of carbonyl (C=O) groups is 2. The molecule has 0 fully saturated rings. The van der Waals surface area contributed by atoms with Crippen molar-refractivity contribution in [1.82, 2.24) is 0 Å². The number of amides is 1. The summed E-state index contributed by atoms with van der Waals surface area (Å²) in [6.45, 7) is 0.297. The maximum atomic E-state index is 12.3. The van der Waals surface area contributed by atoms with Crippen LogP contribution in [0.2, 0.25) is 5.02 Å². The first-order chi connectivity index (χ1) is 13.0. The summed E-state index contributed by atoms with van der Waals surface area (Å²) < 4.78 is 5.66. The largest absolute Gasteiger partial charge is 0.489 e. The average molecular weight is 382 g/mol. The normalized spacial score (nSPS) is 10.3. The number of para-hydroxylation sites is 1. The van der Waals surface area contributed by atoms with E-state index in [0.29, 0.717) is 28.6 Å². The van der Waals surface area contributed by atoms with Gasteiger partial charge in [0.1, 0.15) is 12.4 Å². The number of benzene rings is 3. The Hall–Kier alpha value is -3.31. The number of nitrogens with one attached hydrogen (secondary N) is 1. The molecule has 3 aromatic rings. The molecule has 27 heavy (non-hydrogen) atoms. The van der Waals surface area contributed by atoms with Gasteiger partial charge in [-0.25, -0.2) is 4.79 Å². The lowest BCUT2D eigenvalue weighted by molar-refractivity contribution is 0.0696. The molecule has 6 heteroatoms. The Labute approximate surface area is 161 Å². The standard InChI is InChI=1S/C21H16ClNO4/c22-18-3-1-2-4-19(18)23-20(24)15-9-11-17(12-10-15)27-13-14-5-7-16(8-6-14)21(25)26/h1-12H,13H2,(H,23,24)(H,25,26). The third kappa shape index (κ3) is 4.86. The summed E-state index contributed by atoms with van der Waals surface area (Å²) in [4.78, 5) is 23.1. The SMILES string of the molecule is O=C(O)c1ccc(COc2ccc(C(=O)Nc3ccccc3Cl)cc2)cc1. The minimum atomic E-state index is -0.965. The Morgan fingerprint density at radius 2 is 1.52 bits per heavy atom. The van der Waals surface area contributed by atoms with E-state index in [1.165, 1.54) is 12.1 Å². The fraction of sp³-hybridized carbons (Fsp3) is 0.0476. The van der Waals surface area contributed by atoms with E-state index in [2.05, 4.69) is 5.32 Å². The summed E-state index contributed by atoms with van der Waals surface area (Å²) in [7, 11) is 0. The van der Waals surface area contributed by atoms with Crippen molar-refractivity contribution in [3.63, 3.8) is 0 Å². The van der Waals surface area contributed by atoms with Crippen molar-refractivity contribution in [2.75, 3.05) is 5.32 Å². The van der Waals surface area contributed by atoms with Gasteiger partial charge in [-0.3, -0.25) is 4.79 Å². The highest BCUT2D eigenvalue weighted by molar-refractivity contribution is 6.33. The van der Waals surface area contributed by atoms with Gasteiger partial charge in [0.2, 0.25) is 0 Å². The highest BCUT2D eigenvalue weighted by Crippen LogP contribution is 2.22. The molecule has 3 rings (SSSR count).